The Morgan fingerprint density at radius 2 is 2.33 bits per heavy atom. The van der Waals surface area contributed by atoms with Gasteiger partial charge in [0.25, 0.3) is 0 Å². The van der Waals surface area contributed by atoms with Crippen molar-refractivity contribution in [2.24, 2.45) is 5.92 Å². The molecule has 0 aromatic carbocycles. The van der Waals surface area contributed by atoms with E-state index in [1.165, 1.54) is 0 Å². The van der Waals surface area contributed by atoms with Gasteiger partial charge in [0, 0.05) is 18.4 Å². The maximum atomic E-state index is 11.4. The highest BCUT2D eigenvalue weighted by Gasteiger charge is 2.23. The van der Waals surface area contributed by atoms with Crippen molar-refractivity contribution >= 4 is 12.3 Å². The van der Waals surface area contributed by atoms with Crippen LogP contribution in [0.3, 0.4) is 0 Å². The van der Waals surface area contributed by atoms with Gasteiger partial charge in [-0.15, -0.1) is 0 Å². The molecule has 1 atom stereocenters. The second-order valence-corrected chi connectivity index (χ2v) is 3.90. The second kappa shape index (κ2) is 5.69. The first kappa shape index (κ1) is 12.0. The third kappa shape index (κ3) is 2.91. The van der Waals surface area contributed by atoms with E-state index >= 15 is 0 Å². The molecule has 84 valence electrons. The molecule has 1 aliphatic rings. The lowest BCUT2D eigenvalue weighted by Gasteiger charge is -2.15. The first-order valence-corrected chi connectivity index (χ1v) is 5.51. The number of cyclic esters (lactones) is 1. The predicted octanol–water partition coefficient (Wildman–Crippen LogP) is 2.26. The number of hydrogen-bond donors (Lipinski definition) is 0. The van der Waals surface area contributed by atoms with Crippen LogP contribution in [0.2, 0.25) is 0 Å². The van der Waals surface area contributed by atoms with Crippen molar-refractivity contribution in [3.63, 3.8) is 0 Å². The summed E-state index contributed by atoms with van der Waals surface area (Å²) in [6.45, 7) is 4.58. The summed E-state index contributed by atoms with van der Waals surface area (Å²) in [6, 6.07) is 0. The molecule has 1 fully saturated rings. The van der Waals surface area contributed by atoms with E-state index in [9.17, 15) is 9.59 Å². The lowest BCUT2D eigenvalue weighted by Crippen LogP contribution is -2.07. The topological polar surface area (TPSA) is 43.4 Å². The molecule has 0 unspecified atom stereocenters. The first-order chi connectivity index (χ1) is 7.20. The Bertz CT molecular complexity index is 279. The van der Waals surface area contributed by atoms with E-state index in [0.29, 0.717) is 18.9 Å². The lowest BCUT2D eigenvalue weighted by atomic mass is 9.89. The average Bonchev–Trinajstić information content (AvgIpc) is 2.65. The van der Waals surface area contributed by atoms with Crippen LogP contribution in [0, 0.1) is 5.92 Å². The molecule has 1 saturated heterocycles. The minimum Gasteiger partial charge on any atom is -0.462 e. The smallest absolute Gasteiger partial charge is 0.334 e. The van der Waals surface area contributed by atoms with Gasteiger partial charge in [0.05, 0.1) is 6.61 Å². The van der Waals surface area contributed by atoms with Crippen molar-refractivity contribution in [2.75, 3.05) is 6.61 Å². The summed E-state index contributed by atoms with van der Waals surface area (Å²) in [6.07, 6.45) is 4.03. The summed E-state index contributed by atoms with van der Waals surface area (Å²) in [5, 5.41) is 0. The maximum absolute atomic E-state index is 11.4. The molecule has 0 amide bonds. The number of hydrogen-bond acceptors (Lipinski definition) is 3. The zero-order chi connectivity index (χ0) is 11.3. The van der Waals surface area contributed by atoms with E-state index in [-0.39, 0.29) is 5.97 Å². The van der Waals surface area contributed by atoms with Crippen LogP contribution in [0.1, 0.15) is 39.5 Å². The second-order valence-electron chi connectivity index (χ2n) is 3.90. The third-order valence-electron chi connectivity index (χ3n) is 3.05. The van der Waals surface area contributed by atoms with Crippen molar-refractivity contribution in [1.29, 1.82) is 0 Å². The number of carbonyl (C=O) groups excluding carboxylic acids is 2. The number of aldehydes is 1. The Kier molecular flexibility index (Phi) is 4.53. The van der Waals surface area contributed by atoms with Gasteiger partial charge in [-0.3, -0.25) is 0 Å². The van der Waals surface area contributed by atoms with Gasteiger partial charge in [-0.2, -0.15) is 0 Å². The molecule has 0 aromatic heterocycles. The molecular weight excluding hydrogens is 192 g/mol. The summed E-state index contributed by atoms with van der Waals surface area (Å²) in [5.41, 5.74) is 1.94. The van der Waals surface area contributed by atoms with Crippen LogP contribution < -0.4 is 0 Å². The highest BCUT2D eigenvalue weighted by Crippen LogP contribution is 2.27. The fourth-order valence-electron chi connectivity index (χ4n) is 2.04. The number of esters is 1. The fraction of sp³-hybridized carbons (Fsp3) is 0.667. The maximum Gasteiger partial charge on any atom is 0.334 e. The molecule has 3 nitrogen and oxygen atoms in total. The molecule has 15 heavy (non-hydrogen) atoms. The van der Waals surface area contributed by atoms with Crippen molar-refractivity contribution in [3.8, 4) is 0 Å². The Hall–Kier alpha value is -1.12. The largest absolute Gasteiger partial charge is 0.462 e. The summed E-state index contributed by atoms with van der Waals surface area (Å²) in [7, 11) is 0. The normalized spacial score (nSPS) is 21.1. The van der Waals surface area contributed by atoms with Gasteiger partial charge >= 0.3 is 5.97 Å². The van der Waals surface area contributed by atoms with Crippen LogP contribution in [0.5, 0.6) is 0 Å². The van der Waals surface area contributed by atoms with Crippen molar-refractivity contribution in [2.45, 2.75) is 39.5 Å². The van der Waals surface area contributed by atoms with Crippen LogP contribution >= 0.6 is 0 Å². The molecule has 0 N–H and O–H groups in total. The Labute approximate surface area is 90.5 Å². The molecule has 1 heterocycles. The van der Waals surface area contributed by atoms with Crippen LogP contribution in [0.15, 0.2) is 11.1 Å². The van der Waals surface area contributed by atoms with Crippen LogP contribution in [-0.4, -0.2) is 18.9 Å². The molecule has 1 rings (SSSR count). The van der Waals surface area contributed by atoms with E-state index in [0.717, 1.165) is 36.7 Å². The number of ether oxygens (including phenoxy) is 1. The van der Waals surface area contributed by atoms with Gasteiger partial charge < -0.3 is 9.53 Å². The van der Waals surface area contributed by atoms with E-state index in [2.05, 4.69) is 6.92 Å². The Morgan fingerprint density at radius 3 is 2.80 bits per heavy atom. The van der Waals surface area contributed by atoms with Gasteiger partial charge in [-0.05, 0) is 25.7 Å². The zero-order valence-electron chi connectivity index (χ0n) is 9.41. The van der Waals surface area contributed by atoms with Crippen LogP contribution in [0.4, 0.5) is 0 Å². The van der Waals surface area contributed by atoms with Crippen LogP contribution in [-0.2, 0) is 14.3 Å². The summed E-state index contributed by atoms with van der Waals surface area (Å²) in [4.78, 5) is 21.7. The monoisotopic (exact) mass is 210 g/mol. The van der Waals surface area contributed by atoms with Crippen molar-refractivity contribution in [3.05, 3.63) is 11.1 Å². The predicted molar refractivity (Wildman–Crippen MR) is 57.4 cm³/mol. The number of carbonyl (C=O) groups is 2. The molecule has 3 heteroatoms. The van der Waals surface area contributed by atoms with Crippen LogP contribution in [0.25, 0.3) is 0 Å². The highest BCUT2D eigenvalue weighted by atomic mass is 16.5. The molecule has 1 aliphatic heterocycles. The molecule has 0 saturated carbocycles. The highest BCUT2D eigenvalue weighted by molar-refractivity contribution is 5.91. The Balaban J connectivity index is 2.73. The van der Waals surface area contributed by atoms with E-state index in [4.69, 9.17) is 4.74 Å². The average molecular weight is 210 g/mol. The molecule has 0 aliphatic carbocycles. The minimum absolute atomic E-state index is 0.169. The Morgan fingerprint density at radius 1 is 1.60 bits per heavy atom. The third-order valence-corrected chi connectivity index (χ3v) is 3.05. The number of allylic oxidation sites excluding steroid dienone is 1. The van der Waals surface area contributed by atoms with Crippen molar-refractivity contribution in [1.82, 2.24) is 0 Å². The lowest BCUT2D eigenvalue weighted by molar-refractivity contribution is -0.135. The van der Waals surface area contributed by atoms with E-state index in [1.807, 2.05) is 6.92 Å². The first-order valence-electron chi connectivity index (χ1n) is 5.51. The molecule has 0 aromatic rings. The minimum atomic E-state index is -0.169. The van der Waals surface area contributed by atoms with Crippen molar-refractivity contribution < 1.29 is 14.3 Å². The molecule has 0 radical (unpaired) electrons. The van der Waals surface area contributed by atoms with Gasteiger partial charge in [0.2, 0.25) is 0 Å². The summed E-state index contributed by atoms with van der Waals surface area (Å²) < 4.78 is 4.92. The quantitative estimate of drug-likeness (QED) is 0.397. The zero-order valence-corrected chi connectivity index (χ0v) is 9.41. The summed E-state index contributed by atoms with van der Waals surface area (Å²) >= 11 is 0. The van der Waals surface area contributed by atoms with Gasteiger partial charge in [-0.1, -0.05) is 12.5 Å². The van der Waals surface area contributed by atoms with Gasteiger partial charge in [0.15, 0.2) is 0 Å². The number of rotatable bonds is 5. The van der Waals surface area contributed by atoms with Gasteiger partial charge in [0.1, 0.15) is 6.29 Å². The summed E-state index contributed by atoms with van der Waals surface area (Å²) in [5.74, 6) is 0.174. The fourth-order valence-corrected chi connectivity index (χ4v) is 2.04. The standard InChI is InChI=1S/C12H18O3/c1-3-10(5-4-7-13)9(2)11-6-8-15-12(11)14/h7,10H,3-6,8H2,1-2H3/b11-9-/t10-/m1/s1. The van der Waals surface area contributed by atoms with E-state index in [1.54, 1.807) is 0 Å². The SMILES string of the molecule is CC[C@H](CCC=O)/C(C)=C1/CCOC1=O. The van der Waals surface area contributed by atoms with E-state index < -0.39 is 0 Å². The molecule has 0 bridgehead atoms. The van der Waals surface area contributed by atoms with Gasteiger partial charge in [-0.25, -0.2) is 4.79 Å². The molecule has 0 spiro atoms. The molecular formula is C12H18O3.